The topological polar surface area (TPSA) is 29.9 Å². The van der Waals surface area contributed by atoms with Gasteiger partial charge in [-0.05, 0) is 53.4 Å². The smallest absolute Gasteiger partial charge is 0.0766 e. The van der Waals surface area contributed by atoms with Crippen LogP contribution in [0.25, 0.3) is 0 Å². The Morgan fingerprint density at radius 3 is 2.60 bits per heavy atom. The van der Waals surface area contributed by atoms with E-state index in [9.17, 15) is 0 Å². The quantitative estimate of drug-likeness (QED) is 0.778. The Hall–Kier alpha value is -0.350. The van der Waals surface area contributed by atoms with E-state index in [0.29, 0.717) is 5.41 Å². The molecule has 1 aromatic heterocycles. The highest BCUT2D eigenvalue weighted by atomic mass is 79.9. The third-order valence-electron chi connectivity index (χ3n) is 4.35. The van der Waals surface area contributed by atoms with Gasteiger partial charge in [-0.3, -0.25) is 4.68 Å². The van der Waals surface area contributed by atoms with Gasteiger partial charge in [0.05, 0.1) is 15.9 Å². The summed E-state index contributed by atoms with van der Waals surface area (Å²) in [5, 5.41) is 8.35. The molecule has 2 rings (SSSR count). The first-order valence-electron chi connectivity index (χ1n) is 7.92. The van der Waals surface area contributed by atoms with Gasteiger partial charge in [-0.1, -0.05) is 27.2 Å². The van der Waals surface area contributed by atoms with E-state index in [1.165, 1.54) is 41.5 Å². The number of nitrogens with one attached hydrogen (secondary N) is 1. The summed E-state index contributed by atoms with van der Waals surface area (Å²) in [6.45, 7) is 7.98. The summed E-state index contributed by atoms with van der Waals surface area (Å²) in [5.41, 5.74) is 2.84. The molecule has 3 nitrogen and oxygen atoms in total. The maximum Gasteiger partial charge on any atom is 0.0766 e. The Balaban J connectivity index is 2.11. The van der Waals surface area contributed by atoms with E-state index in [2.05, 4.69) is 58.8 Å². The minimum Gasteiger partial charge on any atom is -0.313 e. The fourth-order valence-electron chi connectivity index (χ4n) is 2.94. The van der Waals surface area contributed by atoms with Gasteiger partial charge in [0, 0.05) is 19.6 Å². The number of hydrogen-bond acceptors (Lipinski definition) is 2. The molecule has 0 aliphatic heterocycles. The number of aryl methyl sites for hydroxylation is 2. The first-order chi connectivity index (χ1) is 9.49. The molecule has 0 aromatic carbocycles. The minimum absolute atomic E-state index is 0.318. The number of hydrogen-bond donors (Lipinski definition) is 1. The molecule has 1 heterocycles. The monoisotopic (exact) mass is 341 g/mol. The highest BCUT2D eigenvalue weighted by Crippen LogP contribution is 2.33. The Bertz CT molecular complexity index is 451. The van der Waals surface area contributed by atoms with Gasteiger partial charge in [0.2, 0.25) is 0 Å². The summed E-state index contributed by atoms with van der Waals surface area (Å²) >= 11 is 3.75. The molecule has 1 aromatic rings. The van der Waals surface area contributed by atoms with Crippen molar-refractivity contribution in [3.8, 4) is 0 Å². The molecule has 0 bridgehead atoms. The van der Waals surface area contributed by atoms with Crippen LogP contribution in [-0.2, 0) is 19.9 Å². The zero-order valence-electron chi connectivity index (χ0n) is 13.3. The molecule has 1 unspecified atom stereocenters. The van der Waals surface area contributed by atoms with Crippen molar-refractivity contribution in [3.63, 3.8) is 0 Å². The van der Waals surface area contributed by atoms with Gasteiger partial charge in [-0.2, -0.15) is 5.10 Å². The zero-order valence-corrected chi connectivity index (χ0v) is 14.9. The Morgan fingerprint density at radius 2 is 2.10 bits per heavy atom. The molecule has 0 radical (unpaired) electrons. The van der Waals surface area contributed by atoms with Crippen molar-refractivity contribution in [2.24, 2.45) is 12.5 Å². The lowest BCUT2D eigenvalue weighted by Gasteiger charge is -2.30. The van der Waals surface area contributed by atoms with Gasteiger partial charge in [-0.25, -0.2) is 0 Å². The molecule has 1 N–H and O–H groups in total. The predicted octanol–water partition coefficient (Wildman–Crippen LogP) is 3.85. The molecule has 1 fully saturated rings. The molecular formula is C16H28BrN3. The van der Waals surface area contributed by atoms with E-state index in [-0.39, 0.29) is 0 Å². The van der Waals surface area contributed by atoms with Crippen molar-refractivity contribution < 1.29 is 0 Å². The Kier molecular flexibility index (Phi) is 5.30. The molecule has 4 heteroatoms. The average molecular weight is 342 g/mol. The molecule has 0 saturated heterocycles. The summed E-state index contributed by atoms with van der Waals surface area (Å²) in [7, 11) is 2.07. The largest absolute Gasteiger partial charge is 0.313 e. The van der Waals surface area contributed by atoms with Crippen molar-refractivity contribution in [1.29, 1.82) is 0 Å². The number of halogens is 1. The maximum absolute atomic E-state index is 4.63. The summed E-state index contributed by atoms with van der Waals surface area (Å²) in [5.74, 6) is 0. The fraction of sp³-hybridized carbons (Fsp3) is 0.812. The Labute approximate surface area is 131 Å². The lowest BCUT2D eigenvalue weighted by Crippen LogP contribution is -2.35. The van der Waals surface area contributed by atoms with Crippen LogP contribution in [0.1, 0.15) is 57.8 Å². The normalized spacial score (nSPS) is 18.2. The van der Waals surface area contributed by atoms with Crippen molar-refractivity contribution in [2.75, 3.05) is 6.54 Å². The van der Waals surface area contributed by atoms with Gasteiger partial charge < -0.3 is 5.32 Å². The van der Waals surface area contributed by atoms with Crippen LogP contribution in [0.4, 0.5) is 0 Å². The van der Waals surface area contributed by atoms with Gasteiger partial charge in [-0.15, -0.1) is 0 Å². The van der Waals surface area contributed by atoms with Crippen LogP contribution < -0.4 is 5.32 Å². The van der Waals surface area contributed by atoms with Crippen LogP contribution in [0, 0.1) is 5.41 Å². The summed E-state index contributed by atoms with van der Waals surface area (Å²) in [6, 6.07) is 0.785. The van der Waals surface area contributed by atoms with Crippen LogP contribution in [0.15, 0.2) is 4.47 Å². The lowest BCUT2D eigenvalue weighted by molar-refractivity contribution is 0.268. The van der Waals surface area contributed by atoms with Crippen molar-refractivity contribution in [1.82, 2.24) is 15.1 Å². The van der Waals surface area contributed by atoms with E-state index >= 15 is 0 Å². The molecule has 20 heavy (non-hydrogen) atoms. The average Bonchev–Trinajstić information content (AvgIpc) is 3.19. The fourth-order valence-corrected chi connectivity index (χ4v) is 3.69. The minimum atomic E-state index is 0.318. The lowest BCUT2D eigenvalue weighted by atomic mass is 9.81. The molecule has 0 spiro atoms. The van der Waals surface area contributed by atoms with Crippen molar-refractivity contribution in [2.45, 2.75) is 65.3 Å². The first kappa shape index (κ1) is 16.0. The van der Waals surface area contributed by atoms with E-state index < -0.39 is 0 Å². The highest BCUT2D eigenvalue weighted by Gasteiger charge is 2.30. The van der Waals surface area contributed by atoms with Crippen LogP contribution >= 0.6 is 15.9 Å². The van der Waals surface area contributed by atoms with Crippen molar-refractivity contribution >= 4 is 15.9 Å². The Morgan fingerprint density at radius 1 is 1.40 bits per heavy atom. The van der Waals surface area contributed by atoms with E-state index in [4.69, 9.17) is 0 Å². The molecular weight excluding hydrogens is 314 g/mol. The summed E-state index contributed by atoms with van der Waals surface area (Å²) in [4.78, 5) is 0. The first-order valence-corrected chi connectivity index (χ1v) is 8.72. The maximum atomic E-state index is 4.63. The van der Waals surface area contributed by atoms with Crippen LogP contribution in [0.2, 0.25) is 0 Å². The van der Waals surface area contributed by atoms with E-state index in [0.717, 1.165) is 25.4 Å². The van der Waals surface area contributed by atoms with Gasteiger partial charge in [0.25, 0.3) is 0 Å². The molecule has 1 atom stereocenters. The van der Waals surface area contributed by atoms with Crippen LogP contribution in [0.5, 0.6) is 0 Å². The van der Waals surface area contributed by atoms with Crippen LogP contribution in [-0.4, -0.2) is 22.4 Å². The van der Waals surface area contributed by atoms with Crippen LogP contribution in [0.3, 0.4) is 0 Å². The molecule has 114 valence electrons. The SMILES string of the molecule is CCCC(C)(CNC1CC1)Cc1c(Br)c(CC)nn1C. The van der Waals surface area contributed by atoms with E-state index in [1.807, 2.05) is 0 Å². The van der Waals surface area contributed by atoms with Gasteiger partial charge in [0.1, 0.15) is 0 Å². The van der Waals surface area contributed by atoms with Crippen molar-refractivity contribution in [3.05, 3.63) is 15.9 Å². The number of nitrogens with zero attached hydrogens (tertiary/aromatic N) is 2. The third-order valence-corrected chi connectivity index (χ3v) is 5.26. The number of rotatable bonds is 8. The van der Waals surface area contributed by atoms with Gasteiger partial charge >= 0.3 is 0 Å². The molecule has 0 amide bonds. The highest BCUT2D eigenvalue weighted by molar-refractivity contribution is 9.10. The molecule has 1 aliphatic carbocycles. The predicted molar refractivity (Wildman–Crippen MR) is 88.0 cm³/mol. The standard InChI is InChI=1S/C16H28BrN3/c1-5-9-16(3,11-18-12-7-8-12)10-14-15(17)13(6-2)19-20(14)4/h12,18H,5-11H2,1-4H3. The summed E-state index contributed by atoms with van der Waals surface area (Å²) in [6.07, 6.45) is 7.28. The number of aromatic nitrogens is 2. The van der Waals surface area contributed by atoms with Gasteiger partial charge in [0.15, 0.2) is 0 Å². The molecule has 1 saturated carbocycles. The van der Waals surface area contributed by atoms with E-state index in [1.54, 1.807) is 0 Å². The second-order valence-electron chi connectivity index (χ2n) is 6.58. The second-order valence-corrected chi connectivity index (χ2v) is 7.37. The summed E-state index contributed by atoms with van der Waals surface area (Å²) < 4.78 is 3.28. The molecule has 1 aliphatic rings. The zero-order chi connectivity index (χ0) is 14.8. The second kappa shape index (κ2) is 6.61. The third kappa shape index (κ3) is 3.85.